The Morgan fingerprint density at radius 1 is 1.35 bits per heavy atom. The highest BCUT2D eigenvalue weighted by Crippen LogP contribution is 2.07. The van der Waals surface area contributed by atoms with Crippen LogP contribution in [0.1, 0.15) is 5.56 Å². The SMILES string of the molecule is C=CC(=C)C(=O)NC(Cc1ccccc1)C(O)C(N)=O. The van der Waals surface area contributed by atoms with Crippen LogP contribution in [-0.4, -0.2) is 29.1 Å². The number of hydrogen-bond donors (Lipinski definition) is 3. The number of amides is 2. The zero-order valence-corrected chi connectivity index (χ0v) is 11.1. The van der Waals surface area contributed by atoms with Crippen molar-refractivity contribution < 1.29 is 14.7 Å². The summed E-state index contributed by atoms with van der Waals surface area (Å²) in [6, 6.07) is 8.34. The predicted octanol–water partition coefficient (Wildman–Crippen LogP) is 0.302. The second kappa shape index (κ2) is 7.25. The first-order valence-corrected chi connectivity index (χ1v) is 6.09. The molecule has 0 aliphatic heterocycles. The number of primary amides is 1. The van der Waals surface area contributed by atoms with Crippen LogP contribution in [0.3, 0.4) is 0 Å². The average molecular weight is 274 g/mol. The summed E-state index contributed by atoms with van der Waals surface area (Å²) in [6.07, 6.45) is 0.101. The largest absolute Gasteiger partial charge is 0.381 e. The minimum atomic E-state index is -1.48. The number of nitrogens with one attached hydrogen (secondary N) is 1. The van der Waals surface area contributed by atoms with Crippen LogP contribution in [0.25, 0.3) is 0 Å². The summed E-state index contributed by atoms with van der Waals surface area (Å²) in [5.74, 6) is -1.39. The van der Waals surface area contributed by atoms with Crippen molar-refractivity contribution in [1.82, 2.24) is 5.32 Å². The summed E-state index contributed by atoms with van der Waals surface area (Å²) in [7, 11) is 0. The zero-order valence-electron chi connectivity index (χ0n) is 11.1. The molecule has 4 N–H and O–H groups in total. The summed E-state index contributed by atoms with van der Waals surface area (Å²) in [6.45, 7) is 6.95. The number of carbonyl (C=O) groups excluding carboxylic acids is 2. The van der Waals surface area contributed by atoms with Crippen LogP contribution in [0.5, 0.6) is 0 Å². The Balaban J connectivity index is 2.86. The molecule has 0 aliphatic rings. The molecule has 1 rings (SSSR count). The van der Waals surface area contributed by atoms with Crippen molar-refractivity contribution in [2.45, 2.75) is 18.6 Å². The van der Waals surface area contributed by atoms with Gasteiger partial charge in [-0.15, -0.1) is 0 Å². The van der Waals surface area contributed by atoms with Crippen molar-refractivity contribution in [2.24, 2.45) is 5.73 Å². The fourth-order valence-electron chi connectivity index (χ4n) is 1.66. The minimum Gasteiger partial charge on any atom is -0.381 e. The van der Waals surface area contributed by atoms with E-state index in [4.69, 9.17) is 5.73 Å². The highest BCUT2D eigenvalue weighted by molar-refractivity contribution is 5.96. The average Bonchev–Trinajstić information content (AvgIpc) is 2.45. The highest BCUT2D eigenvalue weighted by atomic mass is 16.3. The molecule has 0 bridgehead atoms. The lowest BCUT2D eigenvalue weighted by molar-refractivity contribution is -0.128. The molecule has 2 unspecified atom stereocenters. The molecule has 5 heteroatoms. The van der Waals surface area contributed by atoms with Gasteiger partial charge in [-0.3, -0.25) is 9.59 Å². The van der Waals surface area contributed by atoms with Crippen LogP contribution in [0.2, 0.25) is 0 Å². The second-order valence-corrected chi connectivity index (χ2v) is 4.35. The number of aliphatic hydroxyl groups excluding tert-OH is 1. The Morgan fingerprint density at radius 3 is 2.45 bits per heavy atom. The molecule has 5 nitrogen and oxygen atoms in total. The number of rotatable bonds is 7. The summed E-state index contributed by atoms with van der Waals surface area (Å²) >= 11 is 0. The Bertz CT molecular complexity index is 511. The van der Waals surface area contributed by atoms with Gasteiger partial charge in [-0.05, 0) is 12.0 Å². The molecule has 106 valence electrons. The molecule has 1 aromatic carbocycles. The van der Waals surface area contributed by atoms with Gasteiger partial charge in [-0.25, -0.2) is 0 Å². The molecule has 0 fully saturated rings. The molecule has 0 saturated carbocycles. The summed E-state index contributed by atoms with van der Waals surface area (Å²) in [5, 5.41) is 12.3. The fraction of sp³-hybridized carbons (Fsp3) is 0.200. The third-order valence-corrected chi connectivity index (χ3v) is 2.83. The van der Waals surface area contributed by atoms with E-state index >= 15 is 0 Å². The Kier molecular flexibility index (Phi) is 5.68. The molecule has 0 aromatic heterocycles. The molecule has 2 amide bonds. The number of aliphatic hydroxyl groups is 1. The Hall–Kier alpha value is -2.40. The van der Waals surface area contributed by atoms with E-state index in [0.29, 0.717) is 0 Å². The zero-order chi connectivity index (χ0) is 15.1. The lowest BCUT2D eigenvalue weighted by Crippen LogP contribution is -2.50. The number of benzene rings is 1. The van der Waals surface area contributed by atoms with E-state index in [2.05, 4.69) is 18.5 Å². The third kappa shape index (κ3) is 4.37. The standard InChI is InChI=1S/C15H18N2O3/c1-3-10(2)15(20)17-12(13(18)14(16)19)9-11-7-5-4-6-8-11/h3-8,12-13,18H,1-2,9H2,(H2,16,19)(H,17,20). The van der Waals surface area contributed by atoms with E-state index in [1.807, 2.05) is 30.3 Å². The molecular formula is C15H18N2O3. The maximum atomic E-state index is 11.8. The van der Waals surface area contributed by atoms with Crippen molar-refractivity contribution in [3.8, 4) is 0 Å². The summed E-state index contributed by atoms with van der Waals surface area (Å²) < 4.78 is 0. The van der Waals surface area contributed by atoms with Gasteiger partial charge in [-0.2, -0.15) is 0 Å². The van der Waals surface area contributed by atoms with Gasteiger partial charge in [0.05, 0.1) is 6.04 Å². The quantitative estimate of drug-likeness (QED) is 0.493. The monoisotopic (exact) mass is 274 g/mol. The van der Waals surface area contributed by atoms with Crippen molar-refractivity contribution >= 4 is 11.8 Å². The van der Waals surface area contributed by atoms with Gasteiger partial charge in [-0.1, -0.05) is 49.6 Å². The van der Waals surface area contributed by atoms with Gasteiger partial charge in [0.25, 0.3) is 5.91 Å². The van der Waals surface area contributed by atoms with Crippen LogP contribution >= 0.6 is 0 Å². The smallest absolute Gasteiger partial charge is 0.250 e. The molecule has 0 heterocycles. The lowest BCUT2D eigenvalue weighted by atomic mass is 10.0. The van der Waals surface area contributed by atoms with Crippen LogP contribution in [0, 0.1) is 0 Å². The van der Waals surface area contributed by atoms with Crippen LogP contribution in [0.15, 0.2) is 55.1 Å². The number of carbonyl (C=O) groups is 2. The van der Waals surface area contributed by atoms with E-state index in [9.17, 15) is 14.7 Å². The maximum absolute atomic E-state index is 11.8. The fourth-order valence-corrected chi connectivity index (χ4v) is 1.66. The van der Waals surface area contributed by atoms with Gasteiger partial charge in [0, 0.05) is 5.57 Å². The van der Waals surface area contributed by atoms with Crippen LogP contribution in [0.4, 0.5) is 0 Å². The molecular weight excluding hydrogens is 256 g/mol. The molecule has 0 spiro atoms. The second-order valence-electron chi connectivity index (χ2n) is 4.35. The van der Waals surface area contributed by atoms with Crippen molar-refractivity contribution in [1.29, 1.82) is 0 Å². The van der Waals surface area contributed by atoms with Gasteiger partial charge in [0.15, 0.2) is 6.10 Å². The Morgan fingerprint density at radius 2 is 1.95 bits per heavy atom. The molecule has 0 aliphatic carbocycles. The van der Waals surface area contributed by atoms with Crippen molar-refractivity contribution in [3.63, 3.8) is 0 Å². The first kappa shape index (κ1) is 15.7. The summed E-state index contributed by atoms with van der Waals surface area (Å²) in [5.41, 5.74) is 6.11. The topological polar surface area (TPSA) is 92.4 Å². The maximum Gasteiger partial charge on any atom is 0.250 e. The Labute approximate surface area is 117 Å². The van der Waals surface area contributed by atoms with Crippen molar-refractivity contribution in [3.05, 3.63) is 60.7 Å². The summed E-state index contributed by atoms with van der Waals surface area (Å²) in [4.78, 5) is 22.9. The first-order valence-electron chi connectivity index (χ1n) is 6.09. The van der Waals surface area contributed by atoms with Crippen LogP contribution < -0.4 is 11.1 Å². The van der Waals surface area contributed by atoms with Gasteiger partial charge < -0.3 is 16.2 Å². The van der Waals surface area contributed by atoms with Crippen molar-refractivity contribution in [2.75, 3.05) is 0 Å². The van der Waals surface area contributed by atoms with Gasteiger partial charge in [0.1, 0.15) is 0 Å². The molecule has 20 heavy (non-hydrogen) atoms. The molecule has 0 saturated heterocycles. The number of nitrogens with two attached hydrogens (primary N) is 1. The molecule has 1 aromatic rings. The van der Waals surface area contributed by atoms with Gasteiger partial charge in [0.2, 0.25) is 5.91 Å². The lowest BCUT2D eigenvalue weighted by Gasteiger charge is -2.22. The normalized spacial score (nSPS) is 13.1. The van der Waals surface area contributed by atoms with E-state index in [-0.39, 0.29) is 12.0 Å². The highest BCUT2D eigenvalue weighted by Gasteiger charge is 2.26. The van der Waals surface area contributed by atoms with E-state index in [1.165, 1.54) is 6.08 Å². The number of hydrogen-bond acceptors (Lipinski definition) is 3. The predicted molar refractivity (Wildman–Crippen MR) is 76.6 cm³/mol. The van der Waals surface area contributed by atoms with Crippen LogP contribution in [-0.2, 0) is 16.0 Å². The molecule has 0 radical (unpaired) electrons. The first-order chi connectivity index (χ1) is 9.45. The van der Waals surface area contributed by atoms with Gasteiger partial charge >= 0.3 is 0 Å². The van der Waals surface area contributed by atoms with E-state index < -0.39 is 24.0 Å². The third-order valence-electron chi connectivity index (χ3n) is 2.83. The van der Waals surface area contributed by atoms with E-state index in [0.717, 1.165) is 5.56 Å². The minimum absolute atomic E-state index is 0.153. The van der Waals surface area contributed by atoms with E-state index in [1.54, 1.807) is 0 Å². The molecule has 2 atom stereocenters.